The number of nitrogens with zero attached hydrogens (tertiary/aromatic N) is 1. The molecule has 6 nitrogen and oxygen atoms in total. The molecule has 2 rings (SSSR count). The summed E-state index contributed by atoms with van der Waals surface area (Å²) in [5.41, 5.74) is 0.685. The lowest BCUT2D eigenvalue weighted by Gasteiger charge is -2.20. The Morgan fingerprint density at radius 3 is 2.65 bits per heavy atom. The molecule has 1 aromatic carbocycles. The minimum atomic E-state index is -1.02. The number of carbonyl (C=O) groups excluding carboxylic acids is 1. The van der Waals surface area contributed by atoms with Crippen LogP contribution in [0.15, 0.2) is 41.3 Å². The third-order valence-electron chi connectivity index (χ3n) is 2.43. The molecule has 1 amide bonds. The van der Waals surface area contributed by atoms with Crippen LogP contribution in [0, 0.1) is 0 Å². The van der Waals surface area contributed by atoms with Gasteiger partial charge in [-0.25, -0.2) is 9.78 Å². The van der Waals surface area contributed by atoms with Gasteiger partial charge in [0, 0.05) is 0 Å². The van der Waals surface area contributed by atoms with Gasteiger partial charge in [0.1, 0.15) is 17.2 Å². The number of oxazole rings is 1. The van der Waals surface area contributed by atoms with Crippen LogP contribution in [0.1, 0.15) is 39.7 Å². The molecule has 0 aliphatic heterocycles. The molecule has 0 spiro atoms. The number of para-hydroxylation sites is 2. The van der Waals surface area contributed by atoms with Gasteiger partial charge in [0.2, 0.25) is 5.89 Å². The predicted molar refractivity (Wildman–Crippen MR) is 89.1 cm³/mol. The molecule has 0 fully saturated rings. The summed E-state index contributed by atoms with van der Waals surface area (Å²) in [6, 6.07) is 7.21. The van der Waals surface area contributed by atoms with Crippen molar-refractivity contribution in [3.63, 3.8) is 0 Å². The monoisotopic (exact) mass is 320 g/mol. The number of aliphatic hydroxyl groups is 1. The van der Waals surface area contributed by atoms with Crippen molar-refractivity contribution in [3.8, 4) is 0 Å². The van der Waals surface area contributed by atoms with E-state index in [1.54, 1.807) is 39.0 Å². The zero-order chi connectivity index (χ0) is 17.5. The van der Waals surface area contributed by atoms with Crippen LogP contribution < -0.4 is 5.32 Å². The standard InChI is InChI=1S/C14H18N2O4.C3H6/c1-14(2,3)20-13(18)15-8-10(17)12-16-9-6-4-5-7-11(9)19-12;1-3-2/h4-7,10,17H,8H2,1-3H3,(H,15,18);3H,1H2,2H3. The van der Waals surface area contributed by atoms with E-state index in [1.165, 1.54) is 0 Å². The predicted octanol–water partition coefficient (Wildman–Crippen LogP) is 3.58. The van der Waals surface area contributed by atoms with Crippen molar-refractivity contribution in [3.05, 3.63) is 42.8 Å². The molecule has 0 aliphatic carbocycles. The van der Waals surface area contributed by atoms with Crippen LogP contribution in [0.25, 0.3) is 11.1 Å². The second-order valence-corrected chi connectivity index (χ2v) is 5.83. The highest BCUT2D eigenvalue weighted by Crippen LogP contribution is 2.19. The van der Waals surface area contributed by atoms with Crippen LogP contribution in [-0.2, 0) is 4.74 Å². The number of aliphatic hydroxyl groups excluding tert-OH is 1. The molecule has 1 heterocycles. The number of amides is 1. The molecule has 1 atom stereocenters. The van der Waals surface area contributed by atoms with E-state index in [-0.39, 0.29) is 12.4 Å². The summed E-state index contributed by atoms with van der Waals surface area (Å²) in [5.74, 6) is 0.169. The number of fused-ring (bicyclic) bond motifs is 1. The average molecular weight is 320 g/mol. The van der Waals surface area contributed by atoms with Gasteiger partial charge >= 0.3 is 6.09 Å². The molecule has 23 heavy (non-hydrogen) atoms. The number of benzene rings is 1. The van der Waals surface area contributed by atoms with E-state index in [9.17, 15) is 9.90 Å². The first-order valence-electron chi connectivity index (χ1n) is 7.34. The first kappa shape index (κ1) is 18.7. The Bertz CT molecular complexity index is 610. The summed E-state index contributed by atoms with van der Waals surface area (Å²) in [7, 11) is 0. The molecule has 0 radical (unpaired) electrons. The van der Waals surface area contributed by atoms with Crippen LogP contribution in [0.3, 0.4) is 0 Å². The van der Waals surface area contributed by atoms with Gasteiger partial charge in [-0.15, -0.1) is 6.58 Å². The molecule has 0 bridgehead atoms. The molecule has 0 aliphatic rings. The van der Waals surface area contributed by atoms with Gasteiger partial charge in [-0.3, -0.25) is 0 Å². The summed E-state index contributed by atoms with van der Waals surface area (Å²) in [5, 5.41) is 12.4. The van der Waals surface area contributed by atoms with Gasteiger partial charge in [-0.05, 0) is 39.8 Å². The summed E-state index contributed by atoms with van der Waals surface area (Å²) in [6.07, 6.45) is 0.141. The maximum Gasteiger partial charge on any atom is 0.407 e. The van der Waals surface area contributed by atoms with Crippen molar-refractivity contribution in [1.82, 2.24) is 10.3 Å². The third-order valence-corrected chi connectivity index (χ3v) is 2.43. The molecule has 126 valence electrons. The maximum atomic E-state index is 11.5. The molecule has 1 aromatic heterocycles. The van der Waals surface area contributed by atoms with Crippen LogP contribution in [0.5, 0.6) is 0 Å². The Morgan fingerprint density at radius 2 is 2.09 bits per heavy atom. The Labute approximate surface area is 136 Å². The van der Waals surface area contributed by atoms with Crippen LogP contribution in [0.2, 0.25) is 0 Å². The van der Waals surface area contributed by atoms with Crippen molar-refractivity contribution < 1.29 is 19.1 Å². The second-order valence-electron chi connectivity index (χ2n) is 5.83. The Morgan fingerprint density at radius 1 is 1.48 bits per heavy atom. The summed E-state index contributed by atoms with van der Waals surface area (Å²) in [6.45, 7) is 10.5. The fourth-order valence-corrected chi connectivity index (χ4v) is 1.61. The van der Waals surface area contributed by atoms with Crippen molar-refractivity contribution in [2.24, 2.45) is 0 Å². The number of ether oxygens (including phenoxy) is 1. The maximum absolute atomic E-state index is 11.5. The molecule has 0 saturated carbocycles. The van der Waals surface area contributed by atoms with Gasteiger partial charge in [0.15, 0.2) is 5.58 Å². The van der Waals surface area contributed by atoms with E-state index < -0.39 is 17.8 Å². The van der Waals surface area contributed by atoms with E-state index in [1.807, 2.05) is 19.1 Å². The Kier molecular flexibility index (Phi) is 6.78. The number of rotatable bonds is 3. The summed E-state index contributed by atoms with van der Waals surface area (Å²) < 4.78 is 10.5. The van der Waals surface area contributed by atoms with Gasteiger partial charge in [0.05, 0.1) is 6.54 Å². The molecule has 0 saturated heterocycles. The number of allylic oxidation sites excluding steroid dienone is 1. The van der Waals surface area contributed by atoms with Gasteiger partial charge < -0.3 is 19.6 Å². The van der Waals surface area contributed by atoms with E-state index in [0.717, 1.165) is 0 Å². The normalized spacial score (nSPS) is 12.0. The summed E-state index contributed by atoms with van der Waals surface area (Å²) >= 11 is 0. The first-order valence-corrected chi connectivity index (χ1v) is 7.34. The number of hydrogen-bond acceptors (Lipinski definition) is 5. The lowest BCUT2D eigenvalue weighted by molar-refractivity contribution is 0.0481. The second kappa shape index (κ2) is 8.33. The number of aromatic nitrogens is 1. The molecule has 2 aromatic rings. The zero-order valence-corrected chi connectivity index (χ0v) is 14.0. The van der Waals surface area contributed by atoms with E-state index >= 15 is 0 Å². The average Bonchev–Trinajstić information content (AvgIpc) is 2.87. The third kappa shape index (κ3) is 6.52. The molecular formula is C17H24N2O4. The smallest absolute Gasteiger partial charge is 0.407 e. The highest BCUT2D eigenvalue weighted by molar-refractivity contribution is 5.72. The minimum absolute atomic E-state index is 0.0261. The summed E-state index contributed by atoms with van der Waals surface area (Å²) in [4.78, 5) is 15.6. The lowest BCUT2D eigenvalue weighted by Crippen LogP contribution is -2.34. The van der Waals surface area contributed by atoms with Gasteiger partial charge in [-0.2, -0.15) is 0 Å². The topological polar surface area (TPSA) is 84.6 Å². The SMILES string of the molecule is C=CC.CC(C)(C)OC(=O)NCC(O)c1nc2ccccc2o1. The van der Waals surface area contributed by atoms with E-state index in [4.69, 9.17) is 9.15 Å². The Balaban J connectivity index is 0.000000816. The number of alkyl carbamates (subject to hydrolysis) is 1. The van der Waals surface area contributed by atoms with Gasteiger partial charge in [-0.1, -0.05) is 18.2 Å². The number of nitrogens with one attached hydrogen (secondary N) is 1. The number of carbonyl (C=O) groups is 1. The zero-order valence-electron chi connectivity index (χ0n) is 14.0. The number of hydrogen-bond donors (Lipinski definition) is 2. The van der Waals surface area contributed by atoms with Crippen molar-refractivity contribution in [1.29, 1.82) is 0 Å². The van der Waals surface area contributed by atoms with Crippen molar-refractivity contribution in [2.45, 2.75) is 39.4 Å². The van der Waals surface area contributed by atoms with Crippen LogP contribution in [0.4, 0.5) is 4.79 Å². The first-order chi connectivity index (χ1) is 10.8. The highest BCUT2D eigenvalue weighted by atomic mass is 16.6. The molecule has 2 N–H and O–H groups in total. The van der Waals surface area contributed by atoms with E-state index in [2.05, 4.69) is 16.9 Å². The molecule has 1 unspecified atom stereocenters. The van der Waals surface area contributed by atoms with Crippen molar-refractivity contribution >= 4 is 17.2 Å². The Hall–Kier alpha value is -2.34. The van der Waals surface area contributed by atoms with Crippen LogP contribution >= 0.6 is 0 Å². The quantitative estimate of drug-likeness (QED) is 0.844. The fraction of sp³-hybridized carbons (Fsp3) is 0.412. The molecule has 6 heteroatoms. The minimum Gasteiger partial charge on any atom is -0.444 e. The molecular weight excluding hydrogens is 296 g/mol. The lowest BCUT2D eigenvalue weighted by atomic mass is 10.2. The van der Waals surface area contributed by atoms with E-state index in [0.29, 0.717) is 11.1 Å². The van der Waals surface area contributed by atoms with Crippen LogP contribution in [-0.4, -0.2) is 28.3 Å². The fourth-order valence-electron chi connectivity index (χ4n) is 1.61. The largest absolute Gasteiger partial charge is 0.444 e. The highest BCUT2D eigenvalue weighted by Gasteiger charge is 2.19. The van der Waals surface area contributed by atoms with Crippen molar-refractivity contribution in [2.75, 3.05) is 6.54 Å². The van der Waals surface area contributed by atoms with Gasteiger partial charge in [0.25, 0.3) is 0 Å².